The summed E-state index contributed by atoms with van der Waals surface area (Å²) >= 11 is 0. The van der Waals surface area contributed by atoms with Gasteiger partial charge in [0.2, 0.25) is 0 Å². The SMILES string of the molecule is c1ccc2c(c1)Cc1ccccc1C2(c1ccc(-c2ccc(-c3c4ccccc4cc4ccccc34)cc2)cc1)c1ccc(-c2ccc(-c3c4ccccc4cc4ccccc34)cc2)cc1. The molecule has 0 atom stereocenters. The minimum absolute atomic E-state index is 0.499. The summed E-state index contributed by atoms with van der Waals surface area (Å²) in [6.45, 7) is 0. The molecule has 0 unspecified atom stereocenters. The summed E-state index contributed by atoms with van der Waals surface area (Å²) in [5.41, 5.74) is 17.3. The molecule has 1 aliphatic rings. The van der Waals surface area contributed by atoms with Crippen molar-refractivity contribution in [3.05, 3.63) is 288 Å². The molecule has 0 fully saturated rings. The summed E-state index contributed by atoms with van der Waals surface area (Å²) in [5.74, 6) is 0. The molecule has 0 nitrogen and oxygen atoms in total. The van der Waals surface area contributed by atoms with Crippen molar-refractivity contribution in [2.45, 2.75) is 11.8 Å². The molecular formula is C66H44. The Labute approximate surface area is 385 Å². The van der Waals surface area contributed by atoms with Crippen molar-refractivity contribution in [3.8, 4) is 44.5 Å². The van der Waals surface area contributed by atoms with Crippen molar-refractivity contribution in [2.24, 2.45) is 0 Å². The van der Waals surface area contributed by atoms with Gasteiger partial charge in [0.1, 0.15) is 0 Å². The average molecular weight is 837 g/mol. The summed E-state index contributed by atoms with van der Waals surface area (Å²) in [5, 5.41) is 10.2. The van der Waals surface area contributed by atoms with Crippen LogP contribution in [0.2, 0.25) is 0 Å². The maximum absolute atomic E-state index is 2.38. The van der Waals surface area contributed by atoms with Gasteiger partial charge in [-0.2, -0.15) is 0 Å². The Balaban J connectivity index is 0.889. The van der Waals surface area contributed by atoms with E-state index in [9.17, 15) is 0 Å². The lowest BCUT2D eigenvalue weighted by Crippen LogP contribution is -2.36. The molecule has 0 saturated carbocycles. The third-order valence-corrected chi connectivity index (χ3v) is 14.4. The minimum Gasteiger partial charge on any atom is -0.0620 e. The molecule has 66 heavy (non-hydrogen) atoms. The number of hydrogen-bond donors (Lipinski definition) is 0. The lowest BCUT2D eigenvalue weighted by molar-refractivity contribution is 0.703. The smallest absolute Gasteiger partial charge is 0.0620 e. The second-order valence-electron chi connectivity index (χ2n) is 17.9. The van der Waals surface area contributed by atoms with Crippen molar-refractivity contribution in [2.75, 3.05) is 0 Å². The first-order chi connectivity index (χ1) is 32.7. The van der Waals surface area contributed by atoms with Gasteiger partial charge >= 0.3 is 0 Å². The van der Waals surface area contributed by atoms with E-state index in [0.29, 0.717) is 0 Å². The zero-order valence-corrected chi connectivity index (χ0v) is 36.5. The minimum atomic E-state index is -0.499. The molecule has 0 amide bonds. The number of fused-ring (bicyclic) bond motifs is 6. The van der Waals surface area contributed by atoms with Crippen LogP contribution < -0.4 is 0 Å². The normalized spacial score (nSPS) is 12.9. The van der Waals surface area contributed by atoms with Crippen LogP contribution in [-0.2, 0) is 11.8 Å². The maximum Gasteiger partial charge on any atom is 0.0707 e. The number of benzene rings is 12. The van der Waals surface area contributed by atoms with Gasteiger partial charge in [0.05, 0.1) is 5.41 Å². The van der Waals surface area contributed by atoms with Crippen LogP contribution in [0.25, 0.3) is 87.6 Å². The molecular weight excluding hydrogens is 793 g/mol. The zero-order chi connectivity index (χ0) is 43.6. The van der Waals surface area contributed by atoms with Crippen molar-refractivity contribution in [3.63, 3.8) is 0 Å². The largest absolute Gasteiger partial charge is 0.0707 e. The van der Waals surface area contributed by atoms with E-state index < -0.39 is 5.41 Å². The van der Waals surface area contributed by atoms with Crippen LogP contribution in [0.3, 0.4) is 0 Å². The first-order valence-electron chi connectivity index (χ1n) is 23.1. The highest BCUT2D eigenvalue weighted by Crippen LogP contribution is 2.51. The van der Waals surface area contributed by atoms with Gasteiger partial charge in [-0.1, -0.05) is 243 Å². The molecule has 13 rings (SSSR count). The molecule has 0 saturated heterocycles. The molecule has 12 aromatic rings. The van der Waals surface area contributed by atoms with E-state index in [4.69, 9.17) is 0 Å². The Hall–Kier alpha value is -8.32. The third kappa shape index (κ3) is 6.06. The summed E-state index contributed by atoms with van der Waals surface area (Å²) in [6, 6.07) is 95.0. The van der Waals surface area contributed by atoms with Gasteiger partial charge in [-0.3, -0.25) is 0 Å². The topological polar surface area (TPSA) is 0 Å². The second-order valence-corrected chi connectivity index (χ2v) is 17.9. The molecule has 12 aromatic carbocycles. The van der Waals surface area contributed by atoms with Gasteiger partial charge in [-0.05, 0) is 140 Å². The van der Waals surface area contributed by atoms with Gasteiger partial charge in [0.15, 0.2) is 0 Å². The quantitative estimate of drug-likeness (QED) is 0.146. The van der Waals surface area contributed by atoms with Crippen LogP contribution in [0, 0.1) is 0 Å². The lowest BCUT2D eigenvalue weighted by Gasteiger charge is -2.42. The summed E-state index contributed by atoms with van der Waals surface area (Å²) < 4.78 is 0. The second kappa shape index (κ2) is 15.4. The van der Waals surface area contributed by atoms with Crippen LogP contribution in [0.5, 0.6) is 0 Å². The van der Waals surface area contributed by atoms with E-state index in [-0.39, 0.29) is 0 Å². The van der Waals surface area contributed by atoms with Crippen molar-refractivity contribution in [1.82, 2.24) is 0 Å². The Kier molecular flexibility index (Phi) is 8.93. The number of rotatable bonds is 6. The fraction of sp³-hybridized carbons (Fsp3) is 0.0303. The highest BCUT2D eigenvalue weighted by molar-refractivity contribution is 6.14. The van der Waals surface area contributed by atoms with Crippen molar-refractivity contribution < 1.29 is 0 Å². The highest BCUT2D eigenvalue weighted by atomic mass is 14.4. The number of hydrogen-bond acceptors (Lipinski definition) is 0. The van der Waals surface area contributed by atoms with E-state index in [1.165, 1.54) is 121 Å². The Morgan fingerprint density at radius 3 is 0.864 bits per heavy atom. The fourth-order valence-corrected chi connectivity index (χ4v) is 11.4. The van der Waals surface area contributed by atoms with Gasteiger partial charge in [-0.25, -0.2) is 0 Å². The first kappa shape index (κ1) is 38.2. The monoisotopic (exact) mass is 836 g/mol. The van der Waals surface area contributed by atoms with E-state index in [1.54, 1.807) is 0 Å². The standard InChI is InChI=1S/C66H44/c1-7-19-58-50(13-1)41-51-14-2-8-20-59(51)64(58)48-29-25-44(26-30-48)46-33-37-56(38-34-46)66(62-23-11-5-17-54(62)43-55-18-6-12-24-63(55)66)57-39-35-47(36-40-57)45-27-31-49(32-28-45)65-60-21-9-3-15-52(60)42-53-16-4-10-22-61(53)65/h1-42H,43H2. The zero-order valence-electron chi connectivity index (χ0n) is 36.5. The Morgan fingerprint density at radius 2 is 0.515 bits per heavy atom. The molecule has 0 N–H and O–H groups in total. The molecule has 1 aliphatic carbocycles. The van der Waals surface area contributed by atoms with Crippen LogP contribution in [-0.4, -0.2) is 0 Å². The van der Waals surface area contributed by atoms with Crippen molar-refractivity contribution in [1.29, 1.82) is 0 Å². The first-order valence-corrected chi connectivity index (χ1v) is 23.1. The van der Waals surface area contributed by atoms with E-state index >= 15 is 0 Å². The summed E-state index contributed by atoms with van der Waals surface area (Å²) in [7, 11) is 0. The summed E-state index contributed by atoms with van der Waals surface area (Å²) in [6.07, 6.45) is 0.918. The van der Waals surface area contributed by atoms with Gasteiger partial charge in [0, 0.05) is 0 Å². The molecule has 0 heteroatoms. The van der Waals surface area contributed by atoms with Gasteiger partial charge < -0.3 is 0 Å². The molecule has 0 bridgehead atoms. The summed E-state index contributed by atoms with van der Waals surface area (Å²) in [4.78, 5) is 0. The molecule has 0 radical (unpaired) electrons. The fourth-order valence-electron chi connectivity index (χ4n) is 11.4. The third-order valence-electron chi connectivity index (χ3n) is 14.4. The molecule has 0 aliphatic heterocycles. The van der Waals surface area contributed by atoms with E-state index in [2.05, 4.69) is 255 Å². The van der Waals surface area contributed by atoms with Crippen LogP contribution in [0.1, 0.15) is 33.4 Å². The Bertz CT molecular complexity index is 3440. The van der Waals surface area contributed by atoms with Gasteiger partial charge in [-0.15, -0.1) is 0 Å². The van der Waals surface area contributed by atoms with E-state index in [0.717, 1.165) is 6.42 Å². The maximum atomic E-state index is 2.38. The van der Waals surface area contributed by atoms with Crippen molar-refractivity contribution >= 4 is 43.1 Å². The lowest BCUT2D eigenvalue weighted by atomic mass is 9.59. The predicted molar refractivity (Wildman–Crippen MR) is 279 cm³/mol. The highest BCUT2D eigenvalue weighted by Gasteiger charge is 2.43. The van der Waals surface area contributed by atoms with Gasteiger partial charge in [0.25, 0.3) is 0 Å². The van der Waals surface area contributed by atoms with Crippen LogP contribution in [0.4, 0.5) is 0 Å². The van der Waals surface area contributed by atoms with Crippen LogP contribution in [0.15, 0.2) is 255 Å². The average Bonchev–Trinajstić information content (AvgIpc) is 3.39. The molecule has 0 spiro atoms. The predicted octanol–water partition coefficient (Wildman–Crippen LogP) is 17.3. The molecule has 308 valence electrons. The molecule has 0 aromatic heterocycles. The molecule has 0 heterocycles. The van der Waals surface area contributed by atoms with E-state index in [1.807, 2.05) is 0 Å². The Morgan fingerprint density at radius 1 is 0.242 bits per heavy atom. The van der Waals surface area contributed by atoms with Crippen LogP contribution >= 0.6 is 0 Å².